The first-order valence-corrected chi connectivity index (χ1v) is 7.89. The number of benzene rings is 1. The summed E-state index contributed by atoms with van der Waals surface area (Å²) >= 11 is 12.0. The summed E-state index contributed by atoms with van der Waals surface area (Å²) in [5.74, 6) is -0.641. The van der Waals surface area contributed by atoms with Crippen LogP contribution in [0.15, 0.2) is 29.3 Å². The smallest absolute Gasteiger partial charge is 0.270 e. The van der Waals surface area contributed by atoms with Crippen molar-refractivity contribution in [2.45, 2.75) is 38.1 Å². The molecule has 0 aromatic heterocycles. The van der Waals surface area contributed by atoms with Gasteiger partial charge in [0.15, 0.2) is 0 Å². The van der Waals surface area contributed by atoms with Crippen LogP contribution in [0.25, 0.3) is 5.57 Å². The molecule has 0 bridgehead atoms. The first-order chi connectivity index (χ1) is 10.1. The average Bonchev–Trinajstić information content (AvgIpc) is 2.72. The third kappa shape index (κ3) is 2.60. The number of imide groups is 1. The molecule has 2 aliphatic rings. The summed E-state index contributed by atoms with van der Waals surface area (Å²) in [6.07, 6.45) is 5.01. The molecule has 0 atom stereocenters. The van der Waals surface area contributed by atoms with E-state index in [0.717, 1.165) is 32.1 Å². The zero-order valence-corrected chi connectivity index (χ0v) is 13.0. The van der Waals surface area contributed by atoms with Gasteiger partial charge in [0.1, 0.15) is 5.03 Å². The highest BCUT2D eigenvalue weighted by Crippen LogP contribution is 2.36. The summed E-state index contributed by atoms with van der Waals surface area (Å²) in [4.78, 5) is 26.3. The van der Waals surface area contributed by atoms with E-state index in [1.54, 1.807) is 24.3 Å². The van der Waals surface area contributed by atoms with Gasteiger partial charge in [0.05, 0.1) is 5.57 Å². The Labute approximate surface area is 133 Å². The Bertz CT molecular complexity index is 616. The van der Waals surface area contributed by atoms with E-state index in [0.29, 0.717) is 16.2 Å². The van der Waals surface area contributed by atoms with Crippen molar-refractivity contribution in [1.82, 2.24) is 4.90 Å². The molecule has 0 N–H and O–H groups in total. The summed E-state index contributed by atoms with van der Waals surface area (Å²) in [7, 11) is 0. The monoisotopic (exact) mass is 323 g/mol. The molecular weight excluding hydrogens is 309 g/mol. The van der Waals surface area contributed by atoms with Gasteiger partial charge in [0.2, 0.25) is 0 Å². The number of nitrogens with zero attached hydrogens (tertiary/aromatic N) is 1. The largest absolute Gasteiger partial charge is 0.273 e. The normalized spacial score (nSPS) is 20.6. The SMILES string of the molecule is O=C1C(Cl)=C(c2ccc(Cl)cc2)C(=O)N1C1CCCCC1. The maximum atomic E-state index is 12.6. The molecule has 0 unspecified atom stereocenters. The van der Waals surface area contributed by atoms with Gasteiger partial charge in [-0.05, 0) is 30.5 Å². The van der Waals surface area contributed by atoms with E-state index in [-0.39, 0.29) is 22.9 Å². The molecule has 1 aromatic rings. The molecule has 1 heterocycles. The van der Waals surface area contributed by atoms with Crippen molar-refractivity contribution in [2.24, 2.45) is 0 Å². The zero-order valence-electron chi connectivity index (χ0n) is 11.4. The van der Waals surface area contributed by atoms with Crippen molar-refractivity contribution in [3.05, 3.63) is 39.9 Å². The van der Waals surface area contributed by atoms with Crippen molar-refractivity contribution in [2.75, 3.05) is 0 Å². The maximum Gasteiger partial charge on any atom is 0.273 e. The summed E-state index contributed by atoms with van der Waals surface area (Å²) < 4.78 is 0. The lowest BCUT2D eigenvalue weighted by Crippen LogP contribution is -2.41. The van der Waals surface area contributed by atoms with Crippen molar-refractivity contribution >= 4 is 40.6 Å². The number of hydrogen-bond acceptors (Lipinski definition) is 2. The fourth-order valence-electron chi connectivity index (χ4n) is 3.06. The Kier molecular flexibility index (Phi) is 4.05. The summed E-state index contributed by atoms with van der Waals surface area (Å²) in [5.41, 5.74) is 0.935. The van der Waals surface area contributed by atoms with Crippen LogP contribution in [0.1, 0.15) is 37.7 Å². The third-order valence-electron chi connectivity index (χ3n) is 4.13. The topological polar surface area (TPSA) is 37.4 Å². The second-order valence-electron chi connectivity index (χ2n) is 5.47. The number of amides is 2. The molecule has 1 aromatic carbocycles. The minimum atomic E-state index is -0.362. The van der Waals surface area contributed by atoms with Gasteiger partial charge in [-0.2, -0.15) is 0 Å². The van der Waals surface area contributed by atoms with E-state index < -0.39 is 0 Å². The average molecular weight is 324 g/mol. The van der Waals surface area contributed by atoms with Crippen LogP contribution in [0.5, 0.6) is 0 Å². The third-order valence-corrected chi connectivity index (χ3v) is 4.73. The molecule has 1 saturated carbocycles. The van der Waals surface area contributed by atoms with Crippen LogP contribution in [-0.4, -0.2) is 22.8 Å². The van der Waals surface area contributed by atoms with Crippen molar-refractivity contribution < 1.29 is 9.59 Å². The Balaban J connectivity index is 1.93. The highest BCUT2D eigenvalue weighted by Gasteiger charge is 2.42. The van der Waals surface area contributed by atoms with E-state index >= 15 is 0 Å². The van der Waals surface area contributed by atoms with Crippen LogP contribution in [-0.2, 0) is 9.59 Å². The lowest BCUT2D eigenvalue weighted by molar-refractivity contribution is -0.139. The van der Waals surface area contributed by atoms with E-state index in [1.165, 1.54) is 4.90 Å². The van der Waals surface area contributed by atoms with Gasteiger partial charge in [-0.1, -0.05) is 54.6 Å². The van der Waals surface area contributed by atoms with Crippen LogP contribution in [0.4, 0.5) is 0 Å². The predicted octanol–water partition coefficient (Wildman–Crippen LogP) is 3.99. The van der Waals surface area contributed by atoms with Crippen molar-refractivity contribution in [3.8, 4) is 0 Å². The van der Waals surface area contributed by atoms with Crippen LogP contribution >= 0.6 is 23.2 Å². The Morgan fingerprint density at radius 1 is 0.905 bits per heavy atom. The highest BCUT2D eigenvalue weighted by atomic mass is 35.5. The van der Waals surface area contributed by atoms with Gasteiger partial charge >= 0.3 is 0 Å². The van der Waals surface area contributed by atoms with Gasteiger partial charge < -0.3 is 0 Å². The minimum Gasteiger partial charge on any atom is -0.270 e. The van der Waals surface area contributed by atoms with Crippen LogP contribution < -0.4 is 0 Å². The molecule has 2 amide bonds. The molecule has 1 aliphatic heterocycles. The van der Waals surface area contributed by atoms with Crippen LogP contribution in [0.2, 0.25) is 5.02 Å². The van der Waals surface area contributed by atoms with E-state index in [1.807, 2.05) is 0 Å². The lowest BCUT2D eigenvalue weighted by atomic mass is 9.94. The number of hydrogen-bond donors (Lipinski definition) is 0. The van der Waals surface area contributed by atoms with Gasteiger partial charge in [0.25, 0.3) is 11.8 Å². The van der Waals surface area contributed by atoms with Gasteiger partial charge in [0, 0.05) is 11.1 Å². The van der Waals surface area contributed by atoms with E-state index in [2.05, 4.69) is 0 Å². The molecule has 1 fully saturated rings. The number of carbonyl (C=O) groups is 2. The van der Waals surface area contributed by atoms with E-state index in [4.69, 9.17) is 23.2 Å². The second-order valence-corrected chi connectivity index (χ2v) is 6.28. The zero-order chi connectivity index (χ0) is 15.0. The highest BCUT2D eigenvalue weighted by molar-refractivity contribution is 6.55. The molecule has 0 saturated heterocycles. The van der Waals surface area contributed by atoms with Gasteiger partial charge in [-0.15, -0.1) is 0 Å². The fourth-order valence-corrected chi connectivity index (χ4v) is 3.46. The van der Waals surface area contributed by atoms with Crippen LogP contribution in [0, 0.1) is 0 Å². The van der Waals surface area contributed by atoms with Gasteiger partial charge in [-0.3, -0.25) is 14.5 Å². The van der Waals surface area contributed by atoms with Crippen molar-refractivity contribution in [1.29, 1.82) is 0 Å². The number of halogens is 2. The number of rotatable bonds is 2. The second kappa shape index (κ2) is 5.82. The molecule has 0 radical (unpaired) electrons. The first kappa shape index (κ1) is 14.6. The first-order valence-electron chi connectivity index (χ1n) is 7.13. The molecule has 5 heteroatoms. The maximum absolute atomic E-state index is 12.6. The van der Waals surface area contributed by atoms with E-state index in [9.17, 15) is 9.59 Å². The summed E-state index contributed by atoms with van der Waals surface area (Å²) in [6, 6.07) is 6.80. The van der Waals surface area contributed by atoms with Crippen LogP contribution in [0.3, 0.4) is 0 Å². The summed E-state index contributed by atoms with van der Waals surface area (Å²) in [6.45, 7) is 0. The summed E-state index contributed by atoms with van der Waals surface area (Å²) in [5, 5.41) is 0.601. The molecule has 3 nitrogen and oxygen atoms in total. The molecule has 0 spiro atoms. The molecule has 110 valence electrons. The van der Waals surface area contributed by atoms with Gasteiger partial charge in [-0.25, -0.2) is 0 Å². The predicted molar refractivity (Wildman–Crippen MR) is 83.0 cm³/mol. The fraction of sp³-hybridized carbons (Fsp3) is 0.375. The molecular formula is C16H15Cl2NO2. The Hall–Kier alpha value is -1.32. The number of carbonyl (C=O) groups excluding carboxylic acids is 2. The minimum absolute atomic E-state index is 0.0164. The lowest BCUT2D eigenvalue weighted by Gasteiger charge is -2.29. The molecule has 3 rings (SSSR count). The molecule has 1 aliphatic carbocycles. The molecule has 21 heavy (non-hydrogen) atoms. The quantitative estimate of drug-likeness (QED) is 0.771. The standard InChI is InChI=1S/C16H15Cl2NO2/c17-11-8-6-10(7-9-11)13-14(18)16(21)19(15(13)20)12-4-2-1-3-5-12/h6-9,12H,1-5H2. The Morgan fingerprint density at radius 2 is 1.52 bits per heavy atom. The van der Waals surface area contributed by atoms with Crippen molar-refractivity contribution in [3.63, 3.8) is 0 Å². The Morgan fingerprint density at radius 3 is 2.14 bits per heavy atom.